The highest BCUT2D eigenvalue weighted by atomic mass is 16.5. The van der Waals surface area contributed by atoms with E-state index in [9.17, 15) is 0 Å². The molecule has 1 unspecified atom stereocenters. The van der Waals surface area contributed by atoms with Crippen LogP contribution in [-0.4, -0.2) is 12.6 Å². The summed E-state index contributed by atoms with van der Waals surface area (Å²) in [7, 11) is 0. The van der Waals surface area contributed by atoms with Gasteiger partial charge in [-0.25, -0.2) is 0 Å². The summed E-state index contributed by atoms with van der Waals surface area (Å²) in [5, 5.41) is 12.0. The first kappa shape index (κ1) is 15.5. The van der Waals surface area contributed by atoms with Gasteiger partial charge in [-0.05, 0) is 30.5 Å². The molecule has 0 radical (unpaired) electrons. The molecule has 0 saturated carbocycles. The van der Waals surface area contributed by atoms with E-state index >= 15 is 0 Å². The lowest BCUT2D eigenvalue weighted by Gasteiger charge is -2.22. The largest absolute Gasteiger partial charge is 0.479 e. The van der Waals surface area contributed by atoms with Crippen LogP contribution in [0.4, 0.5) is 0 Å². The highest BCUT2D eigenvalue weighted by Crippen LogP contribution is 2.15. The molecule has 0 aliphatic rings. The first-order chi connectivity index (χ1) is 9.21. The van der Waals surface area contributed by atoms with Gasteiger partial charge in [0, 0.05) is 12.6 Å². The predicted molar refractivity (Wildman–Crippen MR) is 77.9 cm³/mol. The van der Waals surface area contributed by atoms with E-state index in [1.54, 1.807) is 0 Å². The fraction of sp³-hybridized carbons (Fsp3) is 0.562. The second-order valence-electron chi connectivity index (χ2n) is 4.84. The molecule has 104 valence electrons. The number of hydrogen-bond acceptors (Lipinski definition) is 3. The van der Waals surface area contributed by atoms with E-state index in [0.29, 0.717) is 6.04 Å². The summed E-state index contributed by atoms with van der Waals surface area (Å²) in [6, 6.07) is 10.4. The third kappa shape index (κ3) is 5.32. The summed E-state index contributed by atoms with van der Waals surface area (Å²) < 4.78 is 5.23. The second-order valence-corrected chi connectivity index (χ2v) is 4.84. The van der Waals surface area contributed by atoms with Crippen LogP contribution >= 0.6 is 0 Å². The minimum Gasteiger partial charge on any atom is -0.479 e. The minimum atomic E-state index is 0.101. The molecule has 0 aliphatic carbocycles. The number of nitrogens with one attached hydrogen (secondary N) is 1. The lowest BCUT2D eigenvalue weighted by atomic mass is 9.95. The van der Waals surface area contributed by atoms with Crippen LogP contribution in [0.25, 0.3) is 0 Å². The van der Waals surface area contributed by atoms with Crippen LogP contribution in [0.2, 0.25) is 0 Å². The molecular formula is C16H24N2O. The predicted octanol–water partition coefficient (Wildman–Crippen LogP) is 3.50. The van der Waals surface area contributed by atoms with Crippen molar-refractivity contribution in [2.24, 2.45) is 5.92 Å². The van der Waals surface area contributed by atoms with E-state index in [2.05, 4.69) is 26.1 Å². The topological polar surface area (TPSA) is 45.0 Å². The first-order valence-corrected chi connectivity index (χ1v) is 7.03. The molecule has 19 heavy (non-hydrogen) atoms. The SMILES string of the molecule is CCC(CC)C(C)NCc1ccc(OCC#N)cc1. The fourth-order valence-electron chi connectivity index (χ4n) is 2.26. The van der Waals surface area contributed by atoms with Crippen LogP contribution in [-0.2, 0) is 6.54 Å². The average molecular weight is 260 g/mol. The highest BCUT2D eigenvalue weighted by Gasteiger charge is 2.12. The molecule has 1 rings (SSSR count). The van der Waals surface area contributed by atoms with Gasteiger partial charge >= 0.3 is 0 Å². The molecule has 0 spiro atoms. The Bertz CT molecular complexity index is 390. The average Bonchev–Trinajstić information content (AvgIpc) is 2.45. The molecule has 0 bridgehead atoms. The van der Waals surface area contributed by atoms with E-state index in [-0.39, 0.29) is 6.61 Å². The number of benzene rings is 1. The number of nitriles is 1. The summed E-state index contributed by atoms with van der Waals surface area (Å²) in [5.41, 5.74) is 1.24. The normalized spacial score (nSPS) is 12.2. The smallest absolute Gasteiger partial charge is 0.174 e. The lowest BCUT2D eigenvalue weighted by Crippen LogP contribution is -2.32. The maximum atomic E-state index is 8.44. The van der Waals surface area contributed by atoms with Crippen molar-refractivity contribution in [1.82, 2.24) is 5.32 Å². The van der Waals surface area contributed by atoms with Crippen LogP contribution in [0, 0.1) is 17.2 Å². The molecule has 0 heterocycles. The van der Waals surface area contributed by atoms with Crippen molar-refractivity contribution in [3.63, 3.8) is 0 Å². The number of rotatable bonds is 8. The summed E-state index contributed by atoms with van der Waals surface area (Å²) in [6.07, 6.45) is 2.43. The van der Waals surface area contributed by atoms with E-state index in [0.717, 1.165) is 18.2 Å². The van der Waals surface area contributed by atoms with Crippen LogP contribution in [0.3, 0.4) is 0 Å². The molecule has 3 heteroatoms. The summed E-state index contributed by atoms with van der Waals surface area (Å²) in [4.78, 5) is 0. The zero-order valence-electron chi connectivity index (χ0n) is 12.1. The summed E-state index contributed by atoms with van der Waals surface area (Å²) in [6.45, 7) is 7.71. The van der Waals surface area contributed by atoms with Crippen molar-refractivity contribution < 1.29 is 4.74 Å². The molecule has 0 aliphatic heterocycles. The molecule has 0 amide bonds. The Labute approximate surface area is 116 Å². The molecule has 1 aromatic carbocycles. The Hall–Kier alpha value is -1.53. The molecule has 1 aromatic rings. The Morgan fingerprint density at radius 3 is 2.37 bits per heavy atom. The molecule has 0 saturated heterocycles. The molecule has 1 N–H and O–H groups in total. The third-order valence-corrected chi connectivity index (χ3v) is 3.61. The van der Waals surface area contributed by atoms with E-state index < -0.39 is 0 Å². The molecule has 1 atom stereocenters. The minimum absolute atomic E-state index is 0.101. The number of ether oxygens (including phenoxy) is 1. The van der Waals surface area contributed by atoms with E-state index in [1.165, 1.54) is 18.4 Å². The van der Waals surface area contributed by atoms with Gasteiger partial charge in [0.2, 0.25) is 0 Å². The second kappa shape index (κ2) is 8.55. The van der Waals surface area contributed by atoms with Crippen molar-refractivity contribution in [3.8, 4) is 11.8 Å². The Balaban J connectivity index is 2.43. The monoisotopic (exact) mass is 260 g/mol. The van der Waals surface area contributed by atoms with Crippen molar-refractivity contribution in [2.75, 3.05) is 6.61 Å². The van der Waals surface area contributed by atoms with E-state index in [4.69, 9.17) is 10.00 Å². The van der Waals surface area contributed by atoms with Crippen molar-refractivity contribution >= 4 is 0 Å². The van der Waals surface area contributed by atoms with Gasteiger partial charge in [-0.3, -0.25) is 0 Å². The third-order valence-electron chi connectivity index (χ3n) is 3.61. The molecular weight excluding hydrogens is 236 g/mol. The van der Waals surface area contributed by atoms with Gasteiger partial charge in [0.1, 0.15) is 11.8 Å². The van der Waals surface area contributed by atoms with Crippen LogP contribution in [0.5, 0.6) is 5.75 Å². The highest BCUT2D eigenvalue weighted by molar-refractivity contribution is 5.27. The van der Waals surface area contributed by atoms with Gasteiger partial charge in [0.05, 0.1) is 0 Å². The molecule has 0 aromatic heterocycles. The zero-order chi connectivity index (χ0) is 14.1. The van der Waals surface area contributed by atoms with E-state index in [1.807, 2.05) is 30.3 Å². The zero-order valence-corrected chi connectivity index (χ0v) is 12.1. The maximum Gasteiger partial charge on any atom is 0.174 e. The maximum absolute atomic E-state index is 8.44. The van der Waals surface area contributed by atoms with Gasteiger partial charge in [-0.15, -0.1) is 0 Å². The van der Waals surface area contributed by atoms with Gasteiger partial charge in [0.25, 0.3) is 0 Å². The Morgan fingerprint density at radius 1 is 1.21 bits per heavy atom. The lowest BCUT2D eigenvalue weighted by molar-refractivity contribution is 0.352. The Morgan fingerprint density at radius 2 is 1.84 bits per heavy atom. The summed E-state index contributed by atoms with van der Waals surface area (Å²) in [5.74, 6) is 1.48. The van der Waals surface area contributed by atoms with Crippen molar-refractivity contribution in [1.29, 1.82) is 5.26 Å². The molecule has 3 nitrogen and oxygen atoms in total. The number of nitrogens with zero attached hydrogens (tertiary/aromatic N) is 1. The first-order valence-electron chi connectivity index (χ1n) is 7.03. The van der Waals surface area contributed by atoms with Crippen molar-refractivity contribution in [2.45, 2.75) is 46.2 Å². The van der Waals surface area contributed by atoms with Crippen LogP contribution in [0.1, 0.15) is 39.2 Å². The summed E-state index contributed by atoms with van der Waals surface area (Å²) >= 11 is 0. The van der Waals surface area contributed by atoms with Crippen molar-refractivity contribution in [3.05, 3.63) is 29.8 Å². The standard InChI is InChI=1S/C16H24N2O/c1-4-15(5-2)13(3)18-12-14-6-8-16(9-7-14)19-11-10-17/h6-9,13,15,18H,4-5,11-12H2,1-3H3. The molecule has 0 fully saturated rings. The van der Waals surface area contributed by atoms with Crippen LogP contribution in [0.15, 0.2) is 24.3 Å². The Kier molecular flexibility index (Phi) is 6.99. The quantitative estimate of drug-likeness (QED) is 0.778. The van der Waals surface area contributed by atoms with Crippen LogP contribution < -0.4 is 10.1 Å². The van der Waals surface area contributed by atoms with Gasteiger partial charge < -0.3 is 10.1 Å². The van der Waals surface area contributed by atoms with Gasteiger partial charge in [0.15, 0.2) is 6.61 Å². The van der Waals surface area contributed by atoms with Gasteiger partial charge in [-0.2, -0.15) is 5.26 Å². The fourth-order valence-corrected chi connectivity index (χ4v) is 2.26. The van der Waals surface area contributed by atoms with Gasteiger partial charge in [-0.1, -0.05) is 38.8 Å². The number of hydrogen-bond donors (Lipinski definition) is 1.